The van der Waals surface area contributed by atoms with Crippen molar-refractivity contribution in [2.24, 2.45) is 5.10 Å². The van der Waals surface area contributed by atoms with E-state index in [0.717, 1.165) is 10.4 Å². The highest BCUT2D eigenvalue weighted by atomic mass is 32.1. The zero-order valence-electron chi connectivity index (χ0n) is 10.4. The number of nitrogens with zero attached hydrogens (tertiary/aromatic N) is 3. The van der Waals surface area contributed by atoms with Gasteiger partial charge in [0, 0.05) is 17.7 Å². The van der Waals surface area contributed by atoms with E-state index in [0.29, 0.717) is 0 Å². The average Bonchev–Trinajstić information content (AvgIpc) is 3.01. The van der Waals surface area contributed by atoms with E-state index in [1.807, 2.05) is 54.1 Å². The Kier molecular flexibility index (Phi) is 3.05. The van der Waals surface area contributed by atoms with Gasteiger partial charge in [0.1, 0.15) is 6.02 Å². The van der Waals surface area contributed by atoms with Crippen molar-refractivity contribution < 1.29 is 9.79 Å². The summed E-state index contributed by atoms with van der Waals surface area (Å²) in [5.41, 5.74) is 1.05. The first-order valence-corrected chi connectivity index (χ1v) is 6.84. The quantitative estimate of drug-likeness (QED) is 0.776. The third-order valence-electron chi connectivity index (χ3n) is 3.02. The van der Waals surface area contributed by atoms with E-state index in [1.165, 1.54) is 0 Å². The number of hydrazone groups is 1. The van der Waals surface area contributed by atoms with E-state index in [4.69, 9.17) is 0 Å². The molecule has 1 aliphatic rings. The van der Waals surface area contributed by atoms with Crippen LogP contribution in [0.3, 0.4) is 0 Å². The summed E-state index contributed by atoms with van der Waals surface area (Å²) in [5.74, 6) is 0. The van der Waals surface area contributed by atoms with Crippen molar-refractivity contribution in [3.63, 3.8) is 0 Å². The van der Waals surface area contributed by atoms with Crippen molar-refractivity contribution >= 4 is 23.6 Å². The van der Waals surface area contributed by atoms with Gasteiger partial charge in [-0.15, -0.1) is 11.3 Å². The van der Waals surface area contributed by atoms with Gasteiger partial charge in [0.15, 0.2) is 0 Å². The minimum atomic E-state index is -0.221. The van der Waals surface area contributed by atoms with E-state index >= 15 is 0 Å². The van der Waals surface area contributed by atoms with Crippen LogP contribution in [0, 0.1) is 0 Å². The van der Waals surface area contributed by atoms with Gasteiger partial charge < -0.3 is 10.0 Å². The first-order chi connectivity index (χ1) is 9.25. The molecule has 0 spiro atoms. The van der Waals surface area contributed by atoms with Gasteiger partial charge >= 0.3 is 0 Å². The van der Waals surface area contributed by atoms with Gasteiger partial charge in [0.25, 0.3) is 6.17 Å². The maximum absolute atomic E-state index is 11.8. The molecule has 2 heterocycles. The van der Waals surface area contributed by atoms with Crippen molar-refractivity contribution in [1.29, 1.82) is 0 Å². The molecule has 1 unspecified atom stereocenters. The molecule has 1 aromatic heterocycles. The zero-order chi connectivity index (χ0) is 13.2. The van der Waals surface area contributed by atoms with E-state index < -0.39 is 0 Å². The fraction of sp³-hybridized carbons (Fsp3) is 0.143. The first-order valence-electron chi connectivity index (χ1n) is 5.96. The summed E-state index contributed by atoms with van der Waals surface area (Å²) in [6.07, 6.45) is 1.74. The summed E-state index contributed by atoms with van der Waals surface area (Å²) in [6, 6.07) is 13.7. The van der Waals surface area contributed by atoms with Gasteiger partial charge in [0.2, 0.25) is 6.21 Å². The Morgan fingerprint density at radius 3 is 2.74 bits per heavy atom. The average molecular weight is 271 g/mol. The van der Waals surface area contributed by atoms with Gasteiger partial charge in [-0.05, 0) is 11.4 Å². The lowest BCUT2D eigenvalue weighted by atomic mass is 10.1. The van der Waals surface area contributed by atoms with Crippen molar-refractivity contribution in [1.82, 2.24) is 4.90 Å². The van der Waals surface area contributed by atoms with Crippen LogP contribution in [-0.4, -0.2) is 28.9 Å². The molecular weight excluding hydrogens is 258 g/mol. The number of hydrogen-bond acceptors (Lipinski definition) is 4. The fourth-order valence-electron chi connectivity index (χ4n) is 2.10. The van der Waals surface area contributed by atoms with Crippen LogP contribution in [0.1, 0.15) is 16.6 Å². The highest BCUT2D eigenvalue weighted by molar-refractivity contribution is 7.11. The summed E-state index contributed by atoms with van der Waals surface area (Å²) >= 11 is 1.62. The predicted octanol–water partition coefficient (Wildman–Crippen LogP) is 1.46. The fourth-order valence-corrected chi connectivity index (χ4v) is 2.74. The summed E-state index contributed by atoms with van der Waals surface area (Å²) < 4.78 is 1.73. The molecule has 5 heteroatoms. The molecule has 0 aliphatic carbocycles. The number of amidine groups is 1. The molecule has 19 heavy (non-hydrogen) atoms. The second-order valence-corrected chi connectivity index (χ2v) is 5.28. The van der Waals surface area contributed by atoms with Crippen LogP contribution >= 0.6 is 11.3 Å². The van der Waals surface area contributed by atoms with Crippen molar-refractivity contribution in [3.05, 3.63) is 58.3 Å². The Bertz CT molecular complexity index is 619. The van der Waals surface area contributed by atoms with Crippen LogP contribution in [-0.2, 0) is 0 Å². The van der Waals surface area contributed by atoms with Crippen molar-refractivity contribution in [2.75, 3.05) is 7.05 Å². The topological polar surface area (TPSA) is 41.7 Å². The highest BCUT2D eigenvalue weighted by Gasteiger charge is 2.34. The predicted molar refractivity (Wildman–Crippen MR) is 74.1 cm³/mol. The largest absolute Gasteiger partial charge is 0.842 e. The molecule has 0 radical (unpaired) electrons. The molecule has 0 amide bonds. The highest BCUT2D eigenvalue weighted by Crippen LogP contribution is 2.25. The number of rotatable bonds is 2. The molecule has 0 N–H and O–H groups in total. The van der Waals surface area contributed by atoms with Crippen molar-refractivity contribution in [2.45, 2.75) is 6.17 Å². The monoisotopic (exact) mass is 271 g/mol. The number of hydrogen-bond donors (Lipinski definition) is 0. The minimum absolute atomic E-state index is 0.171. The molecule has 4 nitrogen and oxygen atoms in total. The maximum atomic E-state index is 11.8. The van der Waals surface area contributed by atoms with E-state index in [9.17, 15) is 5.11 Å². The Labute approximate surface area is 115 Å². The smallest absolute Gasteiger partial charge is 0.286 e. The minimum Gasteiger partial charge on any atom is -0.842 e. The second-order valence-electron chi connectivity index (χ2n) is 4.30. The molecule has 0 fully saturated rings. The van der Waals surface area contributed by atoms with E-state index in [1.54, 1.807) is 28.0 Å². The van der Waals surface area contributed by atoms with E-state index in [2.05, 4.69) is 5.10 Å². The molecule has 0 bridgehead atoms. The van der Waals surface area contributed by atoms with E-state index in [-0.39, 0.29) is 12.2 Å². The molecule has 96 valence electrons. The maximum Gasteiger partial charge on any atom is 0.286 e. The first kappa shape index (κ1) is 11.9. The summed E-state index contributed by atoms with van der Waals surface area (Å²) in [5, 5.41) is 17.9. The van der Waals surface area contributed by atoms with Crippen LogP contribution in [0.4, 0.5) is 0 Å². The standard InChI is InChI=1S/C14H13N3OS/c1-16-13(11-6-3-2-4-7-11)17(15-14(16)18)10-12-8-5-9-19-12/h2-10,13H,1H3/b17-10-. The Morgan fingerprint density at radius 2 is 2.05 bits per heavy atom. The summed E-state index contributed by atoms with van der Waals surface area (Å²) in [4.78, 5) is 2.71. The van der Waals surface area contributed by atoms with Gasteiger partial charge in [-0.2, -0.15) is 0 Å². The lowest BCUT2D eigenvalue weighted by molar-refractivity contribution is -0.579. The SMILES string of the molecule is CN1C([O-])=N/[N+](=C\c2cccs2)C1c1ccccc1. The molecule has 2 aromatic rings. The number of benzene rings is 1. The Morgan fingerprint density at radius 1 is 1.26 bits per heavy atom. The van der Waals surface area contributed by atoms with Crippen LogP contribution in [0.5, 0.6) is 0 Å². The lowest BCUT2D eigenvalue weighted by Crippen LogP contribution is -2.36. The van der Waals surface area contributed by atoms with Crippen LogP contribution in [0.25, 0.3) is 0 Å². The second kappa shape index (κ2) is 4.85. The van der Waals surface area contributed by atoms with Gasteiger partial charge in [-0.25, -0.2) is 0 Å². The molecule has 0 saturated heterocycles. The number of thiophene rings is 1. The van der Waals surface area contributed by atoms with Crippen LogP contribution in [0.2, 0.25) is 0 Å². The normalized spacial score (nSPS) is 20.9. The van der Waals surface area contributed by atoms with Crippen LogP contribution < -0.4 is 5.11 Å². The zero-order valence-corrected chi connectivity index (χ0v) is 11.2. The van der Waals surface area contributed by atoms with Gasteiger partial charge in [-0.3, -0.25) is 0 Å². The third kappa shape index (κ3) is 2.24. The molecule has 1 atom stereocenters. The molecule has 3 rings (SSSR count). The van der Waals surface area contributed by atoms with Crippen LogP contribution in [0.15, 0.2) is 52.9 Å². The molecule has 0 saturated carbocycles. The molecule has 1 aliphatic heterocycles. The van der Waals surface area contributed by atoms with Gasteiger partial charge in [0.05, 0.1) is 4.88 Å². The van der Waals surface area contributed by atoms with Crippen molar-refractivity contribution in [3.8, 4) is 0 Å². The third-order valence-corrected chi connectivity index (χ3v) is 3.83. The Balaban J connectivity index is 2.02. The van der Waals surface area contributed by atoms with Gasteiger partial charge in [-0.1, -0.05) is 41.1 Å². The molecular formula is C14H13N3OS. The molecule has 1 aromatic carbocycles. The lowest BCUT2D eigenvalue weighted by Gasteiger charge is -2.19. The summed E-state index contributed by atoms with van der Waals surface area (Å²) in [7, 11) is 1.77. The summed E-state index contributed by atoms with van der Waals surface area (Å²) in [6.45, 7) is 0. The Hall–Kier alpha value is -2.14.